The number of hydrogen-bond donors (Lipinski definition) is 2. The lowest BCUT2D eigenvalue weighted by Gasteiger charge is -2.16. The van der Waals surface area contributed by atoms with Crippen molar-refractivity contribution in [2.45, 2.75) is 39.9 Å². The molecule has 1 atom stereocenters. The Morgan fingerprint density at radius 2 is 1.87 bits per heavy atom. The van der Waals surface area contributed by atoms with Crippen LogP contribution in [0.15, 0.2) is 18.3 Å². The molecule has 2 N–H and O–H groups in total. The monoisotopic (exact) mass is 319 g/mol. The van der Waals surface area contributed by atoms with Crippen LogP contribution >= 0.6 is 0 Å². The number of phenolic OH excluding ortho intramolecular Hbond substituents is 1. The predicted octanol–water partition coefficient (Wildman–Crippen LogP) is 2.79. The van der Waals surface area contributed by atoms with Crippen molar-refractivity contribution >= 4 is 0 Å². The van der Waals surface area contributed by atoms with Crippen molar-refractivity contribution in [1.82, 2.24) is 15.1 Å². The zero-order chi connectivity index (χ0) is 17.0. The van der Waals surface area contributed by atoms with E-state index in [0.29, 0.717) is 18.0 Å². The average molecular weight is 319 g/mol. The standard InChI is InChI=1S/C17H25N3O3/c1-6-20-12(3)14(10-19-20)11(2)18-9-13-7-15(22-4)17(21)16(8-13)23-5/h7-8,10-11,18,21H,6,9H2,1-5H3. The fraction of sp³-hybridized carbons (Fsp3) is 0.471. The van der Waals surface area contributed by atoms with Crippen LogP contribution in [0.25, 0.3) is 0 Å². The van der Waals surface area contributed by atoms with Gasteiger partial charge in [-0.3, -0.25) is 4.68 Å². The molecule has 6 heteroatoms. The van der Waals surface area contributed by atoms with E-state index in [9.17, 15) is 5.11 Å². The van der Waals surface area contributed by atoms with Gasteiger partial charge in [-0.15, -0.1) is 0 Å². The maximum Gasteiger partial charge on any atom is 0.200 e. The zero-order valence-corrected chi connectivity index (χ0v) is 14.4. The lowest BCUT2D eigenvalue weighted by atomic mass is 10.1. The quantitative estimate of drug-likeness (QED) is 0.821. The molecule has 2 aromatic rings. The van der Waals surface area contributed by atoms with Gasteiger partial charge in [0.15, 0.2) is 11.5 Å². The average Bonchev–Trinajstić information content (AvgIpc) is 2.94. The molecular formula is C17H25N3O3. The lowest BCUT2D eigenvalue weighted by molar-refractivity contribution is 0.339. The molecule has 0 aliphatic rings. The van der Waals surface area contributed by atoms with Crippen LogP contribution in [0.4, 0.5) is 0 Å². The van der Waals surface area contributed by atoms with Crippen LogP contribution in [0.2, 0.25) is 0 Å². The van der Waals surface area contributed by atoms with E-state index in [1.54, 1.807) is 12.1 Å². The second-order valence-corrected chi connectivity index (χ2v) is 5.45. The molecule has 6 nitrogen and oxygen atoms in total. The highest BCUT2D eigenvalue weighted by molar-refractivity contribution is 5.52. The first kappa shape index (κ1) is 17.1. The first-order valence-electron chi connectivity index (χ1n) is 7.71. The molecule has 0 spiro atoms. The maximum absolute atomic E-state index is 9.95. The maximum atomic E-state index is 9.95. The number of nitrogens with one attached hydrogen (secondary N) is 1. The van der Waals surface area contributed by atoms with Gasteiger partial charge in [0.05, 0.1) is 20.4 Å². The van der Waals surface area contributed by atoms with Crippen LogP contribution in [-0.4, -0.2) is 29.1 Å². The summed E-state index contributed by atoms with van der Waals surface area (Å²) in [6.07, 6.45) is 1.91. The van der Waals surface area contributed by atoms with Crippen molar-refractivity contribution in [3.8, 4) is 17.2 Å². The second-order valence-electron chi connectivity index (χ2n) is 5.45. The lowest BCUT2D eigenvalue weighted by Crippen LogP contribution is -2.18. The van der Waals surface area contributed by atoms with E-state index in [4.69, 9.17) is 9.47 Å². The summed E-state index contributed by atoms with van der Waals surface area (Å²) in [7, 11) is 3.05. The number of nitrogens with zero attached hydrogens (tertiary/aromatic N) is 2. The number of rotatable bonds is 7. The fourth-order valence-corrected chi connectivity index (χ4v) is 2.64. The molecule has 0 amide bonds. The van der Waals surface area contributed by atoms with E-state index < -0.39 is 0 Å². The van der Waals surface area contributed by atoms with Crippen LogP contribution in [-0.2, 0) is 13.1 Å². The van der Waals surface area contributed by atoms with Crippen molar-refractivity contribution in [2.75, 3.05) is 14.2 Å². The molecule has 0 aliphatic carbocycles. The van der Waals surface area contributed by atoms with Gasteiger partial charge in [0, 0.05) is 30.4 Å². The number of methoxy groups -OCH3 is 2. The number of hydrogen-bond acceptors (Lipinski definition) is 5. The fourth-order valence-electron chi connectivity index (χ4n) is 2.64. The summed E-state index contributed by atoms with van der Waals surface area (Å²) < 4.78 is 12.4. The molecule has 0 radical (unpaired) electrons. The molecular weight excluding hydrogens is 294 g/mol. The van der Waals surface area contributed by atoms with E-state index in [1.165, 1.54) is 25.5 Å². The molecule has 0 fully saturated rings. The highest BCUT2D eigenvalue weighted by Gasteiger charge is 2.14. The summed E-state index contributed by atoms with van der Waals surface area (Å²) in [5, 5.41) is 17.8. The first-order valence-corrected chi connectivity index (χ1v) is 7.71. The Balaban J connectivity index is 2.12. The molecule has 0 saturated carbocycles. The smallest absolute Gasteiger partial charge is 0.200 e. The molecule has 126 valence electrons. The van der Waals surface area contributed by atoms with Gasteiger partial charge in [-0.1, -0.05) is 0 Å². The van der Waals surface area contributed by atoms with Gasteiger partial charge >= 0.3 is 0 Å². The number of aromatic nitrogens is 2. The van der Waals surface area contributed by atoms with Gasteiger partial charge in [0.1, 0.15) is 0 Å². The summed E-state index contributed by atoms with van der Waals surface area (Å²) in [5.41, 5.74) is 3.34. The Kier molecular flexibility index (Phi) is 5.50. The molecule has 0 aliphatic heterocycles. The van der Waals surface area contributed by atoms with Crippen LogP contribution in [0, 0.1) is 6.92 Å². The number of benzene rings is 1. The van der Waals surface area contributed by atoms with Gasteiger partial charge in [0.25, 0.3) is 0 Å². The summed E-state index contributed by atoms with van der Waals surface area (Å²) in [6.45, 7) is 7.77. The number of aromatic hydroxyl groups is 1. The number of aryl methyl sites for hydroxylation is 1. The molecule has 1 heterocycles. The third-order valence-corrected chi connectivity index (χ3v) is 4.06. The van der Waals surface area contributed by atoms with Crippen LogP contribution < -0.4 is 14.8 Å². The SMILES string of the molecule is CCn1ncc(C(C)NCc2cc(OC)c(O)c(OC)c2)c1C. The summed E-state index contributed by atoms with van der Waals surface area (Å²) in [5.74, 6) is 0.833. The molecule has 0 bridgehead atoms. The Morgan fingerprint density at radius 3 is 2.35 bits per heavy atom. The summed E-state index contributed by atoms with van der Waals surface area (Å²) in [6, 6.07) is 3.78. The van der Waals surface area contributed by atoms with Crippen molar-refractivity contribution in [1.29, 1.82) is 0 Å². The minimum Gasteiger partial charge on any atom is -0.502 e. The van der Waals surface area contributed by atoms with E-state index in [0.717, 1.165) is 12.1 Å². The minimum atomic E-state index is 0.0202. The largest absolute Gasteiger partial charge is 0.502 e. The van der Waals surface area contributed by atoms with Gasteiger partial charge in [0.2, 0.25) is 5.75 Å². The second kappa shape index (κ2) is 7.37. The topological polar surface area (TPSA) is 68.5 Å². The third-order valence-electron chi connectivity index (χ3n) is 4.06. The van der Waals surface area contributed by atoms with E-state index in [2.05, 4.69) is 31.2 Å². The minimum absolute atomic E-state index is 0.0202. The van der Waals surface area contributed by atoms with Crippen LogP contribution in [0.5, 0.6) is 17.2 Å². The van der Waals surface area contributed by atoms with Crippen molar-refractivity contribution in [2.24, 2.45) is 0 Å². The molecule has 2 rings (SSSR count). The summed E-state index contributed by atoms with van der Waals surface area (Å²) >= 11 is 0. The van der Waals surface area contributed by atoms with E-state index >= 15 is 0 Å². The zero-order valence-electron chi connectivity index (χ0n) is 14.4. The Hall–Kier alpha value is -2.21. The van der Waals surface area contributed by atoms with Gasteiger partial charge in [-0.25, -0.2) is 0 Å². The molecule has 23 heavy (non-hydrogen) atoms. The predicted molar refractivity (Wildman–Crippen MR) is 89.1 cm³/mol. The molecule has 1 aromatic carbocycles. The van der Waals surface area contributed by atoms with Crippen LogP contribution in [0.1, 0.15) is 36.7 Å². The van der Waals surface area contributed by atoms with Crippen molar-refractivity contribution < 1.29 is 14.6 Å². The summed E-state index contributed by atoms with van der Waals surface area (Å²) in [4.78, 5) is 0. The van der Waals surface area contributed by atoms with Crippen LogP contribution in [0.3, 0.4) is 0 Å². The van der Waals surface area contributed by atoms with E-state index in [-0.39, 0.29) is 11.8 Å². The van der Waals surface area contributed by atoms with E-state index in [1.807, 2.05) is 10.9 Å². The Bertz CT molecular complexity index is 642. The van der Waals surface area contributed by atoms with Gasteiger partial charge in [-0.05, 0) is 38.5 Å². The van der Waals surface area contributed by atoms with Crippen molar-refractivity contribution in [3.63, 3.8) is 0 Å². The third kappa shape index (κ3) is 3.59. The highest BCUT2D eigenvalue weighted by atomic mass is 16.5. The van der Waals surface area contributed by atoms with Gasteiger partial charge in [-0.2, -0.15) is 5.10 Å². The Morgan fingerprint density at radius 1 is 1.26 bits per heavy atom. The normalized spacial score (nSPS) is 12.2. The first-order chi connectivity index (χ1) is 11.0. The Labute approximate surface area is 137 Å². The molecule has 1 aromatic heterocycles. The van der Waals surface area contributed by atoms with Gasteiger partial charge < -0.3 is 19.9 Å². The number of phenols is 1. The van der Waals surface area contributed by atoms with Crippen molar-refractivity contribution in [3.05, 3.63) is 35.2 Å². The highest BCUT2D eigenvalue weighted by Crippen LogP contribution is 2.37. The number of ether oxygens (including phenoxy) is 2. The molecule has 0 saturated heterocycles. The molecule has 1 unspecified atom stereocenters.